The van der Waals surface area contributed by atoms with Gasteiger partial charge in [-0.15, -0.1) is 24.8 Å². The molecule has 0 bridgehead atoms. The zero-order chi connectivity index (χ0) is 7.78. The third-order valence-corrected chi connectivity index (χ3v) is 1.93. The smallest absolute Gasteiger partial charge is 0.222 e. The van der Waals surface area contributed by atoms with Gasteiger partial charge in [0.1, 0.15) is 0 Å². The molecule has 0 aromatic carbocycles. The Labute approximate surface area is 85.5 Å². The Morgan fingerprint density at radius 2 is 2.00 bits per heavy atom. The molecule has 1 unspecified atom stereocenters. The van der Waals surface area contributed by atoms with Crippen LogP contribution in [0.4, 0.5) is 0 Å². The minimum atomic E-state index is -0.164. The molecule has 1 amide bonds. The molecule has 0 aromatic rings. The normalized spacial score (nSPS) is 28.9. The lowest BCUT2D eigenvalue weighted by molar-refractivity contribution is -0.133. The van der Waals surface area contributed by atoms with Crippen LogP contribution in [-0.4, -0.2) is 29.9 Å². The summed E-state index contributed by atoms with van der Waals surface area (Å²) in [6.45, 7) is 2.67. The molecule has 0 spiro atoms. The molecule has 3 nitrogen and oxygen atoms in total. The Hall–Kier alpha value is 0.01000. The third kappa shape index (κ3) is 3.61. The van der Waals surface area contributed by atoms with Gasteiger partial charge in [-0.3, -0.25) is 4.79 Å². The number of likely N-dealkylation sites (tertiary alicyclic amines) is 1. The zero-order valence-corrected chi connectivity index (χ0v) is 9.00. The minimum absolute atomic E-state index is 0. The molecule has 0 saturated carbocycles. The van der Waals surface area contributed by atoms with Gasteiger partial charge in [-0.2, -0.15) is 0 Å². The quantitative estimate of drug-likeness (QED) is 0.649. The molecule has 1 saturated heterocycles. The SMILES string of the molecule is CN1CC(C)(N)CCC1=O.Cl.Cl. The average Bonchev–Trinajstić information content (AvgIpc) is 1.79. The Morgan fingerprint density at radius 3 is 2.33 bits per heavy atom. The fraction of sp³-hybridized carbons (Fsp3) is 0.857. The number of nitrogens with two attached hydrogens (primary N) is 1. The summed E-state index contributed by atoms with van der Waals surface area (Å²) in [7, 11) is 1.80. The highest BCUT2D eigenvalue weighted by Crippen LogP contribution is 2.16. The number of nitrogens with zero attached hydrogens (tertiary/aromatic N) is 1. The van der Waals surface area contributed by atoms with E-state index in [9.17, 15) is 4.79 Å². The van der Waals surface area contributed by atoms with Crippen molar-refractivity contribution < 1.29 is 4.79 Å². The van der Waals surface area contributed by atoms with Gasteiger partial charge in [-0.05, 0) is 13.3 Å². The number of likely N-dealkylation sites (N-methyl/N-ethyl adjacent to an activating group) is 1. The van der Waals surface area contributed by atoms with E-state index in [4.69, 9.17) is 5.73 Å². The lowest BCUT2D eigenvalue weighted by atomic mass is 9.92. The maximum Gasteiger partial charge on any atom is 0.222 e. The number of carbonyl (C=O) groups is 1. The predicted molar refractivity (Wildman–Crippen MR) is 54.0 cm³/mol. The van der Waals surface area contributed by atoms with Crippen molar-refractivity contribution in [2.75, 3.05) is 13.6 Å². The minimum Gasteiger partial charge on any atom is -0.344 e. The summed E-state index contributed by atoms with van der Waals surface area (Å²) in [6.07, 6.45) is 1.42. The fourth-order valence-electron chi connectivity index (χ4n) is 1.29. The van der Waals surface area contributed by atoms with Gasteiger partial charge in [0.05, 0.1) is 0 Å². The molecule has 0 aromatic heterocycles. The largest absolute Gasteiger partial charge is 0.344 e. The first kappa shape index (κ1) is 14.5. The first-order chi connectivity index (χ1) is 4.51. The molecular formula is C7H16Cl2N2O. The summed E-state index contributed by atoms with van der Waals surface area (Å²) in [6, 6.07) is 0. The zero-order valence-electron chi connectivity index (χ0n) is 7.37. The van der Waals surface area contributed by atoms with Crippen LogP contribution in [0.3, 0.4) is 0 Å². The number of carbonyl (C=O) groups excluding carboxylic acids is 1. The van der Waals surface area contributed by atoms with E-state index in [2.05, 4.69) is 0 Å². The van der Waals surface area contributed by atoms with Crippen molar-refractivity contribution in [3.8, 4) is 0 Å². The molecule has 0 radical (unpaired) electrons. The first-order valence-electron chi connectivity index (χ1n) is 3.54. The van der Waals surface area contributed by atoms with Gasteiger partial charge in [-0.1, -0.05) is 0 Å². The van der Waals surface area contributed by atoms with Crippen molar-refractivity contribution in [3.63, 3.8) is 0 Å². The molecule has 1 aliphatic heterocycles. The molecule has 12 heavy (non-hydrogen) atoms. The highest BCUT2D eigenvalue weighted by atomic mass is 35.5. The van der Waals surface area contributed by atoms with Crippen molar-refractivity contribution >= 4 is 30.7 Å². The van der Waals surface area contributed by atoms with Crippen molar-refractivity contribution in [1.29, 1.82) is 0 Å². The Kier molecular flexibility index (Phi) is 5.93. The highest BCUT2D eigenvalue weighted by molar-refractivity contribution is 5.85. The number of halogens is 2. The molecule has 0 aliphatic carbocycles. The van der Waals surface area contributed by atoms with Crippen molar-refractivity contribution in [3.05, 3.63) is 0 Å². The van der Waals surface area contributed by atoms with Crippen LogP contribution < -0.4 is 5.73 Å². The molecule has 1 atom stereocenters. The third-order valence-electron chi connectivity index (χ3n) is 1.93. The standard InChI is InChI=1S/C7H14N2O.2ClH/c1-7(8)4-3-6(10)9(2)5-7;;/h3-5,8H2,1-2H3;2*1H. The molecule has 1 heterocycles. The average molecular weight is 215 g/mol. The van der Waals surface area contributed by atoms with Gasteiger partial charge in [-0.25, -0.2) is 0 Å². The maximum absolute atomic E-state index is 11.0. The van der Waals surface area contributed by atoms with Gasteiger partial charge < -0.3 is 10.6 Å². The molecule has 1 rings (SSSR count). The lowest BCUT2D eigenvalue weighted by Crippen LogP contribution is -2.52. The van der Waals surface area contributed by atoms with E-state index < -0.39 is 0 Å². The lowest BCUT2D eigenvalue weighted by Gasteiger charge is -2.35. The van der Waals surface area contributed by atoms with Crippen LogP contribution in [0.15, 0.2) is 0 Å². The number of hydrogen-bond donors (Lipinski definition) is 1. The maximum atomic E-state index is 11.0. The highest BCUT2D eigenvalue weighted by Gasteiger charge is 2.28. The predicted octanol–water partition coefficient (Wildman–Crippen LogP) is 0.800. The van der Waals surface area contributed by atoms with Crippen LogP contribution in [0.25, 0.3) is 0 Å². The molecule has 1 aliphatic rings. The van der Waals surface area contributed by atoms with E-state index in [-0.39, 0.29) is 36.3 Å². The van der Waals surface area contributed by atoms with Crippen LogP contribution >= 0.6 is 24.8 Å². The summed E-state index contributed by atoms with van der Waals surface area (Å²) in [5, 5.41) is 0. The van der Waals surface area contributed by atoms with Crippen molar-refractivity contribution in [2.24, 2.45) is 5.73 Å². The van der Waals surface area contributed by atoms with Crippen LogP contribution in [0.5, 0.6) is 0 Å². The van der Waals surface area contributed by atoms with E-state index in [1.807, 2.05) is 6.92 Å². The molecule has 1 fully saturated rings. The second-order valence-corrected chi connectivity index (χ2v) is 3.40. The molecule has 5 heteroatoms. The van der Waals surface area contributed by atoms with Crippen molar-refractivity contribution in [1.82, 2.24) is 4.90 Å². The number of amides is 1. The van der Waals surface area contributed by atoms with Gasteiger partial charge in [0.25, 0.3) is 0 Å². The number of hydrogen-bond acceptors (Lipinski definition) is 2. The summed E-state index contributed by atoms with van der Waals surface area (Å²) in [4.78, 5) is 12.7. The van der Waals surface area contributed by atoms with Crippen LogP contribution in [-0.2, 0) is 4.79 Å². The second kappa shape index (κ2) is 4.90. The van der Waals surface area contributed by atoms with Crippen LogP contribution in [0.1, 0.15) is 19.8 Å². The second-order valence-electron chi connectivity index (χ2n) is 3.40. The van der Waals surface area contributed by atoms with E-state index in [1.165, 1.54) is 0 Å². The van der Waals surface area contributed by atoms with Gasteiger partial charge in [0.15, 0.2) is 0 Å². The van der Waals surface area contributed by atoms with Gasteiger partial charge in [0.2, 0.25) is 5.91 Å². The summed E-state index contributed by atoms with van der Waals surface area (Å²) in [5.41, 5.74) is 5.67. The molecular weight excluding hydrogens is 199 g/mol. The summed E-state index contributed by atoms with van der Waals surface area (Å²) >= 11 is 0. The van der Waals surface area contributed by atoms with Crippen LogP contribution in [0, 0.1) is 0 Å². The van der Waals surface area contributed by atoms with Crippen LogP contribution in [0.2, 0.25) is 0 Å². The molecule has 74 valence electrons. The first-order valence-corrected chi connectivity index (χ1v) is 3.54. The van der Waals surface area contributed by atoms with Gasteiger partial charge in [0, 0.05) is 25.6 Å². The van der Waals surface area contributed by atoms with E-state index >= 15 is 0 Å². The van der Waals surface area contributed by atoms with E-state index in [0.717, 1.165) is 6.42 Å². The fourth-order valence-corrected chi connectivity index (χ4v) is 1.29. The monoisotopic (exact) mass is 214 g/mol. The Bertz CT molecular complexity index is 161. The number of piperidine rings is 1. The van der Waals surface area contributed by atoms with Gasteiger partial charge >= 0.3 is 0 Å². The molecule has 2 N–H and O–H groups in total. The Balaban J connectivity index is 0. The Morgan fingerprint density at radius 1 is 1.50 bits per heavy atom. The summed E-state index contributed by atoms with van der Waals surface area (Å²) in [5.74, 6) is 0.211. The summed E-state index contributed by atoms with van der Waals surface area (Å²) < 4.78 is 0. The van der Waals surface area contributed by atoms with Crippen molar-refractivity contribution in [2.45, 2.75) is 25.3 Å². The van der Waals surface area contributed by atoms with E-state index in [1.54, 1.807) is 11.9 Å². The topological polar surface area (TPSA) is 46.3 Å². The number of rotatable bonds is 0. The van der Waals surface area contributed by atoms with E-state index in [0.29, 0.717) is 13.0 Å².